The Hall–Kier alpha value is -3.55. The first-order valence-electron chi connectivity index (χ1n) is 8.04. The van der Waals surface area contributed by atoms with Crippen molar-refractivity contribution in [2.75, 3.05) is 14.2 Å². The zero-order valence-electron chi connectivity index (χ0n) is 15.1. The van der Waals surface area contributed by atoms with Gasteiger partial charge in [-0.05, 0) is 31.2 Å². The van der Waals surface area contributed by atoms with E-state index in [1.807, 2.05) is 0 Å². The van der Waals surface area contributed by atoms with Gasteiger partial charge >= 0.3 is 5.97 Å². The lowest BCUT2D eigenvalue weighted by Crippen LogP contribution is -2.46. The molecule has 2 aromatic carbocycles. The number of hydrazine groups is 1. The topological polar surface area (TPSA) is 103 Å². The summed E-state index contributed by atoms with van der Waals surface area (Å²) in [6, 6.07) is 12.9. The molecule has 0 saturated carbocycles. The van der Waals surface area contributed by atoms with Crippen molar-refractivity contribution in [1.29, 1.82) is 0 Å². The van der Waals surface area contributed by atoms with Crippen molar-refractivity contribution in [1.82, 2.24) is 10.9 Å². The molecule has 0 aromatic heterocycles. The molecule has 2 amide bonds. The number of ether oxygens (including phenoxy) is 3. The Bertz CT molecular complexity index is 800. The molecule has 142 valence electrons. The van der Waals surface area contributed by atoms with Crippen LogP contribution in [-0.4, -0.2) is 38.1 Å². The second-order valence-corrected chi connectivity index (χ2v) is 5.46. The molecule has 0 heterocycles. The van der Waals surface area contributed by atoms with Crippen LogP contribution in [0.15, 0.2) is 48.5 Å². The van der Waals surface area contributed by atoms with E-state index in [4.69, 9.17) is 14.2 Å². The minimum Gasteiger partial charge on any atom is -0.497 e. The van der Waals surface area contributed by atoms with Gasteiger partial charge in [-0.15, -0.1) is 0 Å². The average molecular weight is 372 g/mol. The standard InChI is InChI=1S/C19H20N2O6/c1-12(17(22)20-21-18(23)13-7-5-4-6-8-13)27-19(24)14-9-15(25-2)11-16(10-14)26-3/h4-12H,1-3H3,(H,20,22)(H,21,23)/t12-/m0/s1. The Kier molecular flexibility index (Phi) is 6.76. The molecule has 0 unspecified atom stereocenters. The molecular formula is C19H20N2O6. The molecule has 8 heteroatoms. The van der Waals surface area contributed by atoms with Gasteiger partial charge in [0.2, 0.25) is 0 Å². The number of benzene rings is 2. The molecule has 0 fully saturated rings. The second-order valence-electron chi connectivity index (χ2n) is 5.46. The Balaban J connectivity index is 1.93. The number of rotatable bonds is 6. The van der Waals surface area contributed by atoms with Gasteiger partial charge in [0.1, 0.15) is 11.5 Å². The number of carbonyl (C=O) groups is 3. The maximum Gasteiger partial charge on any atom is 0.339 e. The van der Waals surface area contributed by atoms with Crippen LogP contribution in [0.2, 0.25) is 0 Å². The van der Waals surface area contributed by atoms with Crippen LogP contribution in [0.5, 0.6) is 11.5 Å². The van der Waals surface area contributed by atoms with Crippen LogP contribution in [0, 0.1) is 0 Å². The van der Waals surface area contributed by atoms with Gasteiger partial charge in [-0.2, -0.15) is 0 Å². The zero-order valence-corrected chi connectivity index (χ0v) is 15.1. The lowest BCUT2D eigenvalue weighted by Gasteiger charge is -2.15. The van der Waals surface area contributed by atoms with Crippen LogP contribution in [0.4, 0.5) is 0 Å². The van der Waals surface area contributed by atoms with Gasteiger partial charge in [0.05, 0.1) is 19.8 Å². The third-order valence-electron chi connectivity index (χ3n) is 3.58. The summed E-state index contributed by atoms with van der Waals surface area (Å²) >= 11 is 0. The van der Waals surface area contributed by atoms with Crippen molar-refractivity contribution in [3.63, 3.8) is 0 Å². The molecule has 2 aromatic rings. The van der Waals surface area contributed by atoms with Crippen LogP contribution < -0.4 is 20.3 Å². The first-order chi connectivity index (χ1) is 12.9. The number of hydrogen-bond acceptors (Lipinski definition) is 6. The molecule has 2 rings (SSSR count). The van der Waals surface area contributed by atoms with E-state index < -0.39 is 23.9 Å². The summed E-state index contributed by atoms with van der Waals surface area (Å²) in [7, 11) is 2.91. The van der Waals surface area contributed by atoms with Crippen molar-refractivity contribution in [3.05, 3.63) is 59.7 Å². The highest BCUT2D eigenvalue weighted by Gasteiger charge is 2.20. The molecule has 2 N–H and O–H groups in total. The van der Waals surface area contributed by atoms with Gasteiger partial charge in [-0.3, -0.25) is 20.4 Å². The lowest BCUT2D eigenvalue weighted by molar-refractivity contribution is -0.129. The van der Waals surface area contributed by atoms with E-state index in [-0.39, 0.29) is 5.56 Å². The van der Waals surface area contributed by atoms with Crippen molar-refractivity contribution < 1.29 is 28.6 Å². The van der Waals surface area contributed by atoms with E-state index in [1.165, 1.54) is 33.3 Å². The zero-order chi connectivity index (χ0) is 19.8. The number of methoxy groups -OCH3 is 2. The summed E-state index contributed by atoms with van der Waals surface area (Å²) < 4.78 is 15.3. The van der Waals surface area contributed by atoms with Crippen LogP contribution in [-0.2, 0) is 9.53 Å². The first-order valence-corrected chi connectivity index (χ1v) is 8.04. The Morgan fingerprint density at radius 1 is 0.852 bits per heavy atom. The molecule has 1 atom stereocenters. The average Bonchev–Trinajstić information content (AvgIpc) is 2.71. The SMILES string of the molecule is COc1cc(OC)cc(C(=O)O[C@@H](C)C(=O)NNC(=O)c2ccccc2)c1. The van der Waals surface area contributed by atoms with Crippen molar-refractivity contribution in [2.24, 2.45) is 0 Å². The number of esters is 1. The number of carbonyl (C=O) groups excluding carboxylic acids is 3. The number of nitrogens with one attached hydrogen (secondary N) is 2. The maximum atomic E-state index is 12.3. The van der Waals surface area contributed by atoms with Crippen LogP contribution in [0.3, 0.4) is 0 Å². The predicted molar refractivity (Wildman–Crippen MR) is 96.5 cm³/mol. The summed E-state index contributed by atoms with van der Waals surface area (Å²) in [6.45, 7) is 1.39. The normalized spacial score (nSPS) is 11.1. The van der Waals surface area contributed by atoms with E-state index in [1.54, 1.807) is 36.4 Å². The Morgan fingerprint density at radius 2 is 1.44 bits per heavy atom. The minimum atomic E-state index is -1.13. The van der Waals surface area contributed by atoms with Crippen LogP contribution in [0.1, 0.15) is 27.6 Å². The lowest BCUT2D eigenvalue weighted by atomic mass is 10.2. The monoisotopic (exact) mass is 372 g/mol. The van der Waals surface area contributed by atoms with Gasteiger partial charge in [0.25, 0.3) is 11.8 Å². The number of amides is 2. The minimum absolute atomic E-state index is 0.166. The van der Waals surface area contributed by atoms with Gasteiger partial charge in [-0.25, -0.2) is 4.79 Å². The smallest absolute Gasteiger partial charge is 0.339 e. The Labute approximate surface area is 156 Å². The summed E-state index contributed by atoms with van der Waals surface area (Å²) in [5.74, 6) is -1.08. The van der Waals surface area contributed by atoms with E-state index in [0.29, 0.717) is 17.1 Å². The maximum absolute atomic E-state index is 12.3. The summed E-state index contributed by atoms with van der Waals surface area (Å²) in [5.41, 5.74) is 5.02. The van der Waals surface area contributed by atoms with Gasteiger partial charge in [-0.1, -0.05) is 18.2 Å². The third kappa shape index (κ3) is 5.46. The Morgan fingerprint density at radius 3 is 2.00 bits per heavy atom. The van der Waals surface area contributed by atoms with E-state index in [0.717, 1.165) is 0 Å². The molecule has 0 saturated heterocycles. The summed E-state index contributed by atoms with van der Waals surface area (Å²) in [6.07, 6.45) is -1.13. The number of hydrogen-bond donors (Lipinski definition) is 2. The molecule has 0 spiro atoms. The predicted octanol–water partition coefficient (Wildman–Crippen LogP) is 1.71. The highest BCUT2D eigenvalue weighted by Crippen LogP contribution is 2.23. The van der Waals surface area contributed by atoms with E-state index in [2.05, 4.69) is 10.9 Å². The van der Waals surface area contributed by atoms with Crippen molar-refractivity contribution in [2.45, 2.75) is 13.0 Å². The molecular weight excluding hydrogens is 352 g/mol. The molecule has 0 aliphatic heterocycles. The van der Waals surface area contributed by atoms with Crippen LogP contribution >= 0.6 is 0 Å². The molecule has 0 aliphatic rings. The highest BCUT2D eigenvalue weighted by molar-refractivity contribution is 5.96. The van der Waals surface area contributed by atoms with E-state index in [9.17, 15) is 14.4 Å². The van der Waals surface area contributed by atoms with Gasteiger partial charge < -0.3 is 14.2 Å². The molecule has 0 bridgehead atoms. The van der Waals surface area contributed by atoms with Crippen molar-refractivity contribution >= 4 is 17.8 Å². The molecule has 27 heavy (non-hydrogen) atoms. The second kappa shape index (κ2) is 9.23. The molecule has 8 nitrogen and oxygen atoms in total. The van der Waals surface area contributed by atoms with Crippen molar-refractivity contribution in [3.8, 4) is 11.5 Å². The largest absolute Gasteiger partial charge is 0.497 e. The van der Waals surface area contributed by atoms with Gasteiger partial charge in [0.15, 0.2) is 6.10 Å². The molecule has 0 aliphatic carbocycles. The van der Waals surface area contributed by atoms with Crippen LogP contribution in [0.25, 0.3) is 0 Å². The summed E-state index contributed by atoms with van der Waals surface area (Å²) in [5, 5.41) is 0. The molecule has 0 radical (unpaired) electrons. The van der Waals surface area contributed by atoms with Gasteiger partial charge in [0, 0.05) is 11.6 Å². The first kappa shape index (κ1) is 19.8. The highest BCUT2D eigenvalue weighted by atomic mass is 16.5. The van der Waals surface area contributed by atoms with E-state index >= 15 is 0 Å². The quantitative estimate of drug-likeness (QED) is 0.591. The fourth-order valence-electron chi connectivity index (χ4n) is 2.09. The third-order valence-corrected chi connectivity index (χ3v) is 3.58. The fraction of sp³-hybridized carbons (Fsp3) is 0.211. The summed E-state index contributed by atoms with van der Waals surface area (Å²) in [4.78, 5) is 36.2. The fourth-order valence-corrected chi connectivity index (χ4v) is 2.09.